The molecule has 2 heterocycles. The van der Waals surface area contributed by atoms with E-state index in [9.17, 15) is 0 Å². The Bertz CT molecular complexity index is 789. The van der Waals surface area contributed by atoms with Crippen molar-refractivity contribution in [2.75, 3.05) is 11.9 Å². The fourth-order valence-corrected chi connectivity index (χ4v) is 2.77. The molecule has 0 saturated heterocycles. The fraction of sp³-hybridized carbons (Fsp3) is 0.294. The summed E-state index contributed by atoms with van der Waals surface area (Å²) in [7, 11) is 0. The zero-order valence-corrected chi connectivity index (χ0v) is 14.0. The largest absolute Gasteiger partial charge is 0.492 e. The van der Waals surface area contributed by atoms with Crippen molar-refractivity contribution in [3.05, 3.63) is 47.9 Å². The first-order valence-corrected chi connectivity index (χ1v) is 8.14. The zero-order valence-electron chi connectivity index (χ0n) is 13.2. The third-order valence-corrected chi connectivity index (χ3v) is 3.94. The Kier molecular flexibility index (Phi) is 4.87. The molecule has 3 rings (SSSR count). The molecule has 122 valence electrons. The molecule has 1 aliphatic rings. The minimum absolute atomic E-state index is 0.202. The lowest BCUT2D eigenvalue weighted by atomic mass is 10.2. The van der Waals surface area contributed by atoms with Gasteiger partial charge < -0.3 is 15.4 Å². The number of ether oxygens (including phenoxy) is 1. The van der Waals surface area contributed by atoms with Crippen LogP contribution in [0, 0.1) is 11.3 Å². The van der Waals surface area contributed by atoms with E-state index in [0.717, 1.165) is 17.9 Å². The second kappa shape index (κ2) is 7.23. The summed E-state index contributed by atoms with van der Waals surface area (Å²) in [5.74, 6) is 1.55. The van der Waals surface area contributed by atoms with E-state index in [1.54, 1.807) is 24.5 Å². The van der Waals surface area contributed by atoms with Crippen LogP contribution in [0.15, 0.2) is 36.7 Å². The summed E-state index contributed by atoms with van der Waals surface area (Å²) in [6.07, 6.45) is 4.33. The van der Waals surface area contributed by atoms with Gasteiger partial charge in [0.1, 0.15) is 17.6 Å². The van der Waals surface area contributed by atoms with E-state index >= 15 is 0 Å². The summed E-state index contributed by atoms with van der Waals surface area (Å²) in [4.78, 5) is 8.58. The van der Waals surface area contributed by atoms with E-state index in [4.69, 9.17) is 22.2 Å². The van der Waals surface area contributed by atoms with Crippen LogP contribution in [0.5, 0.6) is 5.75 Å². The van der Waals surface area contributed by atoms with E-state index in [0.29, 0.717) is 23.1 Å². The summed E-state index contributed by atoms with van der Waals surface area (Å²) >= 11 is 5.32. The quantitative estimate of drug-likeness (QED) is 0.810. The highest BCUT2D eigenvalue weighted by Crippen LogP contribution is 2.43. The Labute approximate surface area is 145 Å². The van der Waals surface area contributed by atoms with Crippen LogP contribution in [0.25, 0.3) is 0 Å². The van der Waals surface area contributed by atoms with E-state index < -0.39 is 0 Å². The van der Waals surface area contributed by atoms with E-state index in [1.165, 1.54) is 0 Å². The van der Waals surface area contributed by atoms with Gasteiger partial charge in [0.15, 0.2) is 5.11 Å². The number of anilines is 1. The smallest absolute Gasteiger partial charge is 0.172 e. The Morgan fingerprint density at radius 1 is 1.38 bits per heavy atom. The molecule has 2 unspecified atom stereocenters. The van der Waals surface area contributed by atoms with Gasteiger partial charge in [-0.15, -0.1) is 0 Å². The molecule has 7 heteroatoms. The molecule has 0 amide bonds. The highest BCUT2D eigenvalue weighted by atomic mass is 32.1. The number of nitrogens with zero attached hydrogens (tertiary/aromatic N) is 3. The Morgan fingerprint density at radius 2 is 2.17 bits per heavy atom. The second-order valence-corrected chi connectivity index (χ2v) is 5.79. The number of hydrogen-bond donors (Lipinski definition) is 2. The van der Waals surface area contributed by atoms with Crippen molar-refractivity contribution in [3.63, 3.8) is 0 Å². The van der Waals surface area contributed by atoms with Crippen LogP contribution in [0.2, 0.25) is 0 Å². The number of pyridine rings is 2. The number of nitrogens with one attached hydrogen (secondary N) is 2. The van der Waals surface area contributed by atoms with Gasteiger partial charge in [0, 0.05) is 24.4 Å². The van der Waals surface area contributed by atoms with Gasteiger partial charge in [0.2, 0.25) is 0 Å². The van der Waals surface area contributed by atoms with Crippen molar-refractivity contribution < 1.29 is 4.74 Å². The van der Waals surface area contributed by atoms with Crippen LogP contribution >= 0.6 is 12.2 Å². The molecule has 1 fully saturated rings. The van der Waals surface area contributed by atoms with Crippen molar-refractivity contribution in [2.45, 2.75) is 25.3 Å². The number of hydrogen-bond acceptors (Lipinski definition) is 5. The van der Waals surface area contributed by atoms with Crippen molar-refractivity contribution in [1.29, 1.82) is 5.26 Å². The third kappa shape index (κ3) is 3.60. The maximum absolute atomic E-state index is 9.08. The normalized spacial score (nSPS) is 18.3. The summed E-state index contributed by atoms with van der Waals surface area (Å²) in [6.45, 7) is 2.57. The van der Waals surface area contributed by atoms with Gasteiger partial charge in [0.05, 0.1) is 17.9 Å². The average molecular weight is 339 g/mol. The highest BCUT2D eigenvalue weighted by Gasteiger charge is 2.41. The summed E-state index contributed by atoms with van der Waals surface area (Å²) < 4.78 is 5.63. The van der Waals surface area contributed by atoms with E-state index in [2.05, 4.69) is 26.7 Å². The molecule has 2 atom stereocenters. The number of nitriles is 1. The molecule has 2 aromatic heterocycles. The van der Waals surface area contributed by atoms with Gasteiger partial charge in [-0.3, -0.25) is 4.98 Å². The van der Waals surface area contributed by atoms with Crippen molar-refractivity contribution in [2.24, 2.45) is 0 Å². The lowest BCUT2D eigenvalue weighted by Gasteiger charge is -2.11. The molecule has 0 spiro atoms. The van der Waals surface area contributed by atoms with Crippen molar-refractivity contribution in [3.8, 4) is 11.8 Å². The number of aromatic nitrogens is 2. The first kappa shape index (κ1) is 16.1. The average Bonchev–Trinajstić information content (AvgIpc) is 3.35. The third-order valence-electron chi connectivity index (χ3n) is 3.72. The predicted octanol–water partition coefficient (Wildman–Crippen LogP) is 2.59. The monoisotopic (exact) mass is 339 g/mol. The lowest BCUT2D eigenvalue weighted by molar-refractivity contribution is 0.334. The summed E-state index contributed by atoms with van der Waals surface area (Å²) in [5.41, 5.74) is 1.41. The van der Waals surface area contributed by atoms with Crippen molar-refractivity contribution in [1.82, 2.24) is 15.3 Å². The van der Waals surface area contributed by atoms with Gasteiger partial charge in [-0.05, 0) is 49.8 Å². The number of thiocarbonyl (C=S) groups is 1. The molecule has 1 aliphatic carbocycles. The van der Waals surface area contributed by atoms with Crippen LogP contribution in [0.3, 0.4) is 0 Å². The van der Waals surface area contributed by atoms with E-state index in [-0.39, 0.29) is 12.0 Å². The van der Waals surface area contributed by atoms with Gasteiger partial charge >= 0.3 is 0 Å². The fourth-order valence-electron chi connectivity index (χ4n) is 2.52. The van der Waals surface area contributed by atoms with Crippen LogP contribution in [0.4, 0.5) is 5.82 Å². The molecule has 6 nitrogen and oxygen atoms in total. The van der Waals surface area contributed by atoms with E-state index in [1.807, 2.05) is 19.1 Å². The van der Waals surface area contributed by atoms with Crippen molar-refractivity contribution >= 4 is 23.1 Å². The van der Waals surface area contributed by atoms with Gasteiger partial charge in [-0.1, -0.05) is 0 Å². The molecule has 0 aliphatic heterocycles. The molecule has 24 heavy (non-hydrogen) atoms. The van der Waals surface area contributed by atoms with Gasteiger partial charge in [-0.2, -0.15) is 5.26 Å². The maximum Gasteiger partial charge on any atom is 0.172 e. The first-order valence-electron chi connectivity index (χ1n) is 7.73. The minimum atomic E-state index is 0.202. The van der Waals surface area contributed by atoms with Gasteiger partial charge in [0.25, 0.3) is 0 Å². The summed E-state index contributed by atoms with van der Waals surface area (Å²) in [6, 6.07) is 9.51. The molecule has 1 saturated carbocycles. The first-order chi connectivity index (χ1) is 11.7. The zero-order chi connectivity index (χ0) is 16.9. The summed E-state index contributed by atoms with van der Waals surface area (Å²) in [5, 5.41) is 15.8. The molecule has 2 N–H and O–H groups in total. The molecule has 0 radical (unpaired) electrons. The SMILES string of the molecule is CCOc1cccnc1C1CC1NC(=S)Nc1ncccc1C#N. The number of rotatable bonds is 5. The molecule has 0 aromatic carbocycles. The van der Waals surface area contributed by atoms with Crippen LogP contribution < -0.4 is 15.4 Å². The van der Waals surface area contributed by atoms with Gasteiger partial charge in [-0.25, -0.2) is 4.98 Å². The van der Waals surface area contributed by atoms with Crippen LogP contribution in [0.1, 0.15) is 30.5 Å². The standard InChI is InChI=1S/C17H17N5OS/c1-2-23-14-6-4-7-19-15(14)12-9-13(12)21-17(24)22-16-11(10-18)5-3-8-20-16/h3-8,12-13H,2,9H2,1H3,(H2,20,21,22,24). The lowest BCUT2D eigenvalue weighted by Crippen LogP contribution is -2.31. The molecule has 2 aromatic rings. The molecule has 0 bridgehead atoms. The second-order valence-electron chi connectivity index (χ2n) is 5.38. The molecular formula is C17H17N5OS. The van der Waals surface area contributed by atoms with Crippen LogP contribution in [-0.4, -0.2) is 27.7 Å². The highest BCUT2D eigenvalue weighted by molar-refractivity contribution is 7.80. The maximum atomic E-state index is 9.08. The minimum Gasteiger partial charge on any atom is -0.492 e. The Hall–Kier alpha value is -2.72. The predicted molar refractivity (Wildman–Crippen MR) is 94.9 cm³/mol. The molecular weight excluding hydrogens is 322 g/mol. The van der Waals surface area contributed by atoms with Crippen LogP contribution in [-0.2, 0) is 0 Å². The Morgan fingerprint density at radius 3 is 2.96 bits per heavy atom. The Balaban J connectivity index is 1.61. The topological polar surface area (TPSA) is 82.9 Å².